The molecule has 0 saturated heterocycles. The molecule has 0 aliphatic rings. The van der Waals surface area contributed by atoms with E-state index < -0.39 is 0 Å². The normalized spacial score (nSPS) is 12.6. The van der Waals surface area contributed by atoms with Crippen LogP contribution in [-0.2, 0) is 19.3 Å². The Morgan fingerprint density at radius 2 is 1.89 bits per heavy atom. The number of rotatable bonds is 5. The van der Waals surface area contributed by atoms with E-state index in [0.29, 0.717) is 0 Å². The molecule has 18 heavy (non-hydrogen) atoms. The van der Waals surface area contributed by atoms with E-state index in [1.807, 2.05) is 18.2 Å². The number of nitrogens with two attached hydrogens (primary N) is 1. The van der Waals surface area contributed by atoms with Crippen LogP contribution < -0.4 is 5.73 Å². The minimum absolute atomic E-state index is 0.0574. The predicted molar refractivity (Wildman–Crippen MR) is 74.4 cm³/mol. The highest BCUT2D eigenvalue weighted by Gasteiger charge is 2.14. The van der Waals surface area contributed by atoms with Crippen molar-refractivity contribution in [1.29, 1.82) is 0 Å². The highest BCUT2D eigenvalue weighted by molar-refractivity contribution is 5.20. The first-order chi connectivity index (χ1) is 8.74. The fourth-order valence-corrected chi connectivity index (χ4v) is 2.19. The van der Waals surface area contributed by atoms with Crippen molar-refractivity contribution in [3.05, 3.63) is 53.1 Å². The van der Waals surface area contributed by atoms with Gasteiger partial charge in [-0.2, -0.15) is 0 Å². The molecule has 0 unspecified atom stereocenters. The second-order valence-electron chi connectivity index (χ2n) is 4.55. The number of H-pyrrole nitrogens is 1. The van der Waals surface area contributed by atoms with Crippen LogP contribution in [-0.4, -0.2) is 9.97 Å². The van der Waals surface area contributed by atoms with E-state index >= 15 is 0 Å². The first kappa shape index (κ1) is 12.8. The lowest BCUT2D eigenvalue weighted by Crippen LogP contribution is -2.15. The summed E-state index contributed by atoms with van der Waals surface area (Å²) in [5.74, 6) is 0.910. The van der Waals surface area contributed by atoms with Crippen molar-refractivity contribution in [3.63, 3.8) is 0 Å². The highest BCUT2D eigenvalue weighted by atomic mass is 15.0. The number of aromatic amines is 1. The average Bonchev–Trinajstić information content (AvgIpc) is 2.83. The Morgan fingerprint density at radius 1 is 1.17 bits per heavy atom. The Labute approximate surface area is 108 Å². The molecule has 0 amide bonds. The van der Waals surface area contributed by atoms with E-state index in [1.165, 1.54) is 11.3 Å². The van der Waals surface area contributed by atoms with Gasteiger partial charge in [0, 0.05) is 5.69 Å². The molecule has 0 radical (unpaired) electrons. The number of aromatic nitrogens is 2. The molecular formula is C15H21N3. The third-order valence-electron chi connectivity index (χ3n) is 3.22. The van der Waals surface area contributed by atoms with Crippen molar-refractivity contribution in [2.24, 2.45) is 5.73 Å². The van der Waals surface area contributed by atoms with E-state index in [2.05, 4.69) is 35.9 Å². The number of imidazole rings is 1. The number of hydrogen-bond acceptors (Lipinski definition) is 2. The zero-order chi connectivity index (χ0) is 13.0. The summed E-state index contributed by atoms with van der Waals surface area (Å²) in [6, 6.07) is 10.2. The molecule has 2 aromatic rings. The first-order valence-electron chi connectivity index (χ1n) is 6.61. The molecule has 0 fully saturated rings. The fourth-order valence-electron chi connectivity index (χ4n) is 2.19. The molecule has 2 rings (SSSR count). The molecule has 0 spiro atoms. The first-order valence-corrected chi connectivity index (χ1v) is 6.61. The molecule has 1 atom stereocenters. The van der Waals surface area contributed by atoms with Crippen molar-refractivity contribution in [2.45, 2.75) is 39.2 Å². The summed E-state index contributed by atoms with van der Waals surface area (Å²) >= 11 is 0. The third-order valence-corrected chi connectivity index (χ3v) is 3.22. The molecular weight excluding hydrogens is 222 g/mol. The van der Waals surface area contributed by atoms with Gasteiger partial charge in [0.15, 0.2) is 0 Å². The van der Waals surface area contributed by atoms with Crippen molar-refractivity contribution in [1.82, 2.24) is 9.97 Å². The summed E-state index contributed by atoms with van der Waals surface area (Å²) in [7, 11) is 0. The van der Waals surface area contributed by atoms with Crippen molar-refractivity contribution >= 4 is 0 Å². The van der Waals surface area contributed by atoms with Crippen molar-refractivity contribution in [2.75, 3.05) is 0 Å². The van der Waals surface area contributed by atoms with Crippen LogP contribution in [0.3, 0.4) is 0 Å². The predicted octanol–water partition coefficient (Wildman–Crippen LogP) is 2.78. The number of nitrogens with zero attached hydrogens (tertiary/aromatic N) is 1. The molecule has 1 aromatic carbocycles. The van der Waals surface area contributed by atoms with Crippen LogP contribution in [0.2, 0.25) is 0 Å². The summed E-state index contributed by atoms with van der Waals surface area (Å²) in [5.41, 5.74) is 9.84. The van der Waals surface area contributed by atoms with Crippen LogP contribution in [0.25, 0.3) is 0 Å². The zero-order valence-corrected chi connectivity index (χ0v) is 11.1. The van der Waals surface area contributed by atoms with Crippen molar-refractivity contribution < 1.29 is 0 Å². The second-order valence-corrected chi connectivity index (χ2v) is 4.55. The van der Waals surface area contributed by atoms with E-state index in [-0.39, 0.29) is 6.04 Å². The SMILES string of the molecule is CCc1nc([C@@H](N)Cc2ccccc2)[nH]c1CC. The minimum Gasteiger partial charge on any atom is -0.344 e. The molecule has 96 valence electrons. The number of aryl methyl sites for hydroxylation is 2. The van der Waals surface area contributed by atoms with Gasteiger partial charge in [0.2, 0.25) is 0 Å². The third kappa shape index (κ3) is 2.79. The summed E-state index contributed by atoms with van der Waals surface area (Å²) in [4.78, 5) is 7.98. The highest BCUT2D eigenvalue weighted by Crippen LogP contribution is 2.16. The Hall–Kier alpha value is -1.61. The monoisotopic (exact) mass is 243 g/mol. The molecule has 1 aromatic heterocycles. The van der Waals surface area contributed by atoms with Gasteiger partial charge in [-0.3, -0.25) is 0 Å². The van der Waals surface area contributed by atoms with Gasteiger partial charge in [-0.15, -0.1) is 0 Å². The standard InChI is InChI=1S/C15H21N3/c1-3-13-14(4-2)18-15(17-13)12(16)10-11-8-6-5-7-9-11/h5-9,12H,3-4,10,16H2,1-2H3,(H,17,18)/t12-/m0/s1. The molecule has 0 bridgehead atoms. The van der Waals surface area contributed by atoms with Crippen LogP contribution in [0.5, 0.6) is 0 Å². The van der Waals surface area contributed by atoms with E-state index in [0.717, 1.165) is 30.8 Å². The van der Waals surface area contributed by atoms with Gasteiger partial charge < -0.3 is 10.7 Å². The quantitative estimate of drug-likeness (QED) is 0.848. The van der Waals surface area contributed by atoms with E-state index in [9.17, 15) is 0 Å². The number of hydrogen-bond donors (Lipinski definition) is 2. The number of nitrogens with one attached hydrogen (secondary N) is 1. The van der Waals surface area contributed by atoms with Gasteiger partial charge in [-0.25, -0.2) is 4.98 Å². The molecule has 3 heteroatoms. The minimum atomic E-state index is -0.0574. The smallest absolute Gasteiger partial charge is 0.123 e. The van der Waals surface area contributed by atoms with Crippen LogP contribution in [0.4, 0.5) is 0 Å². The summed E-state index contributed by atoms with van der Waals surface area (Å²) in [5, 5.41) is 0. The van der Waals surface area contributed by atoms with Gasteiger partial charge in [0.1, 0.15) is 5.82 Å². The van der Waals surface area contributed by atoms with Crippen LogP contribution >= 0.6 is 0 Å². The zero-order valence-electron chi connectivity index (χ0n) is 11.1. The van der Waals surface area contributed by atoms with Crippen LogP contribution in [0.15, 0.2) is 30.3 Å². The maximum atomic E-state index is 6.22. The van der Waals surface area contributed by atoms with Crippen molar-refractivity contribution in [3.8, 4) is 0 Å². The molecule has 0 saturated carbocycles. The number of benzene rings is 1. The average molecular weight is 243 g/mol. The Balaban J connectivity index is 2.13. The van der Waals surface area contributed by atoms with Gasteiger partial charge in [0.05, 0.1) is 11.7 Å². The van der Waals surface area contributed by atoms with Gasteiger partial charge in [0.25, 0.3) is 0 Å². The lowest BCUT2D eigenvalue weighted by atomic mass is 10.1. The van der Waals surface area contributed by atoms with Crippen LogP contribution in [0, 0.1) is 0 Å². The Kier molecular flexibility index (Phi) is 4.15. The second kappa shape index (κ2) is 5.83. The Morgan fingerprint density at radius 3 is 2.44 bits per heavy atom. The summed E-state index contributed by atoms with van der Waals surface area (Å²) in [6.07, 6.45) is 2.76. The van der Waals surface area contributed by atoms with Gasteiger partial charge in [-0.1, -0.05) is 44.2 Å². The molecule has 0 aliphatic carbocycles. The molecule has 3 N–H and O–H groups in total. The van der Waals surface area contributed by atoms with E-state index in [1.54, 1.807) is 0 Å². The van der Waals surface area contributed by atoms with E-state index in [4.69, 9.17) is 5.73 Å². The fraction of sp³-hybridized carbons (Fsp3) is 0.400. The Bertz CT molecular complexity index is 466. The lowest BCUT2D eigenvalue weighted by Gasteiger charge is -2.08. The molecule has 3 nitrogen and oxygen atoms in total. The molecule has 1 heterocycles. The maximum Gasteiger partial charge on any atom is 0.123 e. The van der Waals surface area contributed by atoms with Gasteiger partial charge >= 0.3 is 0 Å². The maximum absolute atomic E-state index is 6.22. The lowest BCUT2D eigenvalue weighted by molar-refractivity contribution is 0.674. The van der Waals surface area contributed by atoms with Gasteiger partial charge in [-0.05, 0) is 24.8 Å². The largest absolute Gasteiger partial charge is 0.344 e. The summed E-state index contributed by atoms with van der Waals surface area (Å²) < 4.78 is 0. The topological polar surface area (TPSA) is 54.7 Å². The summed E-state index contributed by atoms with van der Waals surface area (Å²) in [6.45, 7) is 4.26. The van der Waals surface area contributed by atoms with Crippen LogP contribution in [0.1, 0.15) is 42.7 Å². The molecule has 0 aliphatic heterocycles.